The van der Waals surface area contributed by atoms with Gasteiger partial charge in [-0.05, 0) is 118 Å². The second kappa shape index (κ2) is 17.3. The Morgan fingerprint density at radius 2 is 1.84 bits per heavy atom. The summed E-state index contributed by atoms with van der Waals surface area (Å²) in [6, 6.07) is 12.3. The lowest BCUT2D eigenvalue weighted by Crippen LogP contribution is -2.62. The second-order valence-corrected chi connectivity index (χ2v) is 20.2. The molecule has 1 spiro atoms. The van der Waals surface area contributed by atoms with E-state index in [-0.39, 0.29) is 23.5 Å². The van der Waals surface area contributed by atoms with Gasteiger partial charge in [0.05, 0.1) is 42.4 Å². The van der Waals surface area contributed by atoms with Crippen molar-refractivity contribution in [2.75, 3.05) is 90.9 Å². The zero-order chi connectivity index (χ0) is 39.8. The molecule has 3 fully saturated rings. The molecule has 2 bridgehead atoms. The van der Waals surface area contributed by atoms with Crippen LogP contribution in [0.15, 0.2) is 36.4 Å². The van der Waals surface area contributed by atoms with Crippen LogP contribution in [-0.2, 0) is 36.1 Å². The van der Waals surface area contributed by atoms with Gasteiger partial charge in [0.2, 0.25) is 10.0 Å². The number of piperazine rings is 1. The van der Waals surface area contributed by atoms with Gasteiger partial charge in [0, 0.05) is 82.1 Å². The zero-order valence-corrected chi connectivity index (χ0v) is 35.8. The van der Waals surface area contributed by atoms with Crippen molar-refractivity contribution < 1.29 is 32.2 Å². The molecule has 2 aliphatic carbocycles. The van der Waals surface area contributed by atoms with Gasteiger partial charge in [0.1, 0.15) is 5.75 Å². The lowest BCUT2D eigenvalue weighted by atomic mass is 9.62. The van der Waals surface area contributed by atoms with Gasteiger partial charge in [-0.25, -0.2) is 13.1 Å². The first kappa shape index (κ1) is 41.3. The predicted octanol–water partition coefficient (Wildman–Crippen LogP) is 5.92. The van der Waals surface area contributed by atoms with Crippen molar-refractivity contribution in [3.05, 3.63) is 58.1 Å². The number of aryl methyl sites for hydroxylation is 1. The number of carbonyl (C=O) groups excluding carboxylic acids is 1. The van der Waals surface area contributed by atoms with Crippen molar-refractivity contribution >= 4 is 33.2 Å². The summed E-state index contributed by atoms with van der Waals surface area (Å²) in [7, 11) is -2.45. The maximum atomic E-state index is 14.1. The van der Waals surface area contributed by atoms with E-state index in [0.29, 0.717) is 49.5 Å². The Kier molecular flexibility index (Phi) is 12.5. The zero-order valence-electron chi connectivity index (χ0n) is 34.2. The van der Waals surface area contributed by atoms with Crippen molar-refractivity contribution in [3.8, 4) is 5.75 Å². The van der Waals surface area contributed by atoms with Crippen LogP contribution < -0.4 is 14.4 Å². The molecule has 6 aliphatic rings. The van der Waals surface area contributed by atoms with Crippen LogP contribution in [0.2, 0.25) is 5.02 Å². The Hall–Kier alpha value is -2.45. The van der Waals surface area contributed by atoms with Crippen LogP contribution in [0.4, 0.5) is 5.69 Å². The van der Waals surface area contributed by atoms with Crippen LogP contribution in [0.1, 0.15) is 86.7 Å². The summed E-state index contributed by atoms with van der Waals surface area (Å²) in [5, 5.41) is -0.0302. The Labute approximate surface area is 345 Å². The maximum Gasteiger partial charge on any atom is 0.264 e. The number of halogens is 1. The quantitative estimate of drug-likeness (QED) is 0.345. The Morgan fingerprint density at radius 1 is 1.02 bits per heavy atom. The summed E-state index contributed by atoms with van der Waals surface area (Å²) in [6.45, 7) is 13.7. The number of hydrogen-bond acceptors (Lipinski definition) is 10. The van der Waals surface area contributed by atoms with Gasteiger partial charge in [0.25, 0.3) is 5.91 Å². The molecule has 13 heteroatoms. The average molecular weight is 828 g/mol. The van der Waals surface area contributed by atoms with E-state index in [0.717, 1.165) is 120 Å². The van der Waals surface area contributed by atoms with Crippen molar-refractivity contribution in [1.29, 1.82) is 0 Å². The molecule has 1 N–H and O–H groups in total. The van der Waals surface area contributed by atoms with Crippen LogP contribution in [0.25, 0.3) is 0 Å². The first-order chi connectivity index (χ1) is 27.5. The van der Waals surface area contributed by atoms with Crippen molar-refractivity contribution in [2.45, 2.75) is 93.9 Å². The standard InChI is InChI=1S/C44H63ClN4O7S/c1-4-56-44(29-47-18-20-48(21-19-47)36-26-54-27-36)17-5-7-31(2)41(15-22-53-3)57(51,52)46-42(50)33-10-14-40-39(24-33)49(25-34-9-12-38(34)44)28-43(30-55-40)16-6-8-32-23-35(45)11-13-37(32)43/h10-11,13-14,23-24,31,34,36,38,41H,4-9,12,15-22,25-30H2,1-3H3,(H,46,50)/t31-,34-,38+,41+,43-,44-/m0/s1. The van der Waals surface area contributed by atoms with Crippen molar-refractivity contribution in [2.24, 2.45) is 17.8 Å². The summed E-state index contributed by atoms with van der Waals surface area (Å²) in [4.78, 5) is 21.6. The molecule has 1 saturated carbocycles. The molecule has 2 saturated heterocycles. The molecule has 0 radical (unpaired) electrons. The number of amides is 1. The number of carbonyl (C=O) groups is 1. The number of methoxy groups -OCH3 is 1. The van der Waals surface area contributed by atoms with Gasteiger partial charge in [-0.3, -0.25) is 14.6 Å². The van der Waals surface area contributed by atoms with Gasteiger partial charge >= 0.3 is 0 Å². The molecule has 4 heterocycles. The van der Waals surface area contributed by atoms with E-state index in [2.05, 4.69) is 38.5 Å². The molecular formula is C44H63ClN4O7S. The van der Waals surface area contributed by atoms with E-state index in [4.69, 9.17) is 30.5 Å². The molecule has 4 aliphatic heterocycles. The SMILES string of the molecule is CCO[C@]1(CN2CCN(C3COC3)CC2)CCC[C@H](C)[C@@H](CCOC)S(=O)(=O)NC(=O)c2ccc3c(c2)N(C[C@@H]2CC[C@H]21)C[C@@]1(CCCc2cc(Cl)ccc21)CO3. The molecule has 57 heavy (non-hydrogen) atoms. The molecule has 314 valence electrons. The van der Waals surface area contributed by atoms with Gasteiger partial charge in [-0.2, -0.15) is 0 Å². The number of nitrogens with zero attached hydrogens (tertiary/aromatic N) is 3. The third kappa shape index (κ3) is 8.48. The summed E-state index contributed by atoms with van der Waals surface area (Å²) >= 11 is 6.54. The number of ether oxygens (including phenoxy) is 4. The fraction of sp³-hybridized carbons (Fsp3) is 0.705. The van der Waals surface area contributed by atoms with Crippen molar-refractivity contribution in [3.63, 3.8) is 0 Å². The summed E-state index contributed by atoms with van der Waals surface area (Å²) in [5.74, 6) is 0.626. The molecule has 8 rings (SSSR count). The topological polar surface area (TPSA) is 110 Å². The highest BCUT2D eigenvalue weighted by Crippen LogP contribution is 2.50. The van der Waals surface area contributed by atoms with Crippen LogP contribution in [0.3, 0.4) is 0 Å². The van der Waals surface area contributed by atoms with Crippen LogP contribution >= 0.6 is 11.6 Å². The molecule has 1 amide bonds. The third-order valence-electron chi connectivity index (χ3n) is 14.4. The second-order valence-electron chi connectivity index (χ2n) is 17.9. The minimum absolute atomic E-state index is 0.191. The molecule has 0 unspecified atom stereocenters. The van der Waals surface area contributed by atoms with Crippen molar-refractivity contribution in [1.82, 2.24) is 14.5 Å². The summed E-state index contributed by atoms with van der Waals surface area (Å²) < 4.78 is 55.6. The number of rotatable bonds is 8. The molecule has 6 atom stereocenters. The van der Waals surface area contributed by atoms with Crippen LogP contribution in [0.5, 0.6) is 5.75 Å². The molecule has 2 aromatic carbocycles. The number of benzene rings is 2. The Bertz CT molecular complexity index is 1860. The number of sulfonamides is 1. The fourth-order valence-corrected chi connectivity index (χ4v) is 13.0. The van der Waals surface area contributed by atoms with E-state index < -0.39 is 21.2 Å². The van der Waals surface area contributed by atoms with E-state index >= 15 is 0 Å². The fourth-order valence-electron chi connectivity index (χ4n) is 11.2. The van der Waals surface area contributed by atoms with E-state index in [1.54, 1.807) is 13.2 Å². The minimum Gasteiger partial charge on any atom is -0.490 e. The number of anilines is 1. The highest BCUT2D eigenvalue weighted by molar-refractivity contribution is 7.90. The molecule has 2 aromatic rings. The van der Waals surface area contributed by atoms with Gasteiger partial charge in [-0.1, -0.05) is 31.0 Å². The predicted molar refractivity (Wildman–Crippen MR) is 223 cm³/mol. The number of hydrogen-bond donors (Lipinski definition) is 1. The monoisotopic (exact) mass is 826 g/mol. The first-order valence-electron chi connectivity index (χ1n) is 21.6. The first-order valence-corrected chi connectivity index (χ1v) is 23.5. The van der Waals surface area contributed by atoms with E-state index in [1.165, 1.54) is 11.1 Å². The third-order valence-corrected chi connectivity index (χ3v) is 16.7. The minimum atomic E-state index is -4.04. The molecular weight excluding hydrogens is 764 g/mol. The number of nitrogens with one attached hydrogen (secondary N) is 1. The van der Waals surface area contributed by atoms with Crippen LogP contribution in [-0.4, -0.2) is 127 Å². The average Bonchev–Trinajstić information content (AvgIpc) is 3.29. The molecule has 0 aromatic heterocycles. The summed E-state index contributed by atoms with van der Waals surface area (Å²) in [6.07, 6.45) is 7.90. The Balaban J connectivity index is 1.17. The van der Waals surface area contributed by atoms with E-state index in [1.807, 2.05) is 25.1 Å². The Morgan fingerprint density at radius 3 is 2.56 bits per heavy atom. The lowest BCUT2D eigenvalue weighted by Gasteiger charge is -2.54. The number of fused-ring (bicyclic) bond motifs is 4. The van der Waals surface area contributed by atoms with Crippen LogP contribution in [0, 0.1) is 17.8 Å². The smallest absolute Gasteiger partial charge is 0.264 e. The highest BCUT2D eigenvalue weighted by atomic mass is 35.5. The van der Waals surface area contributed by atoms with Gasteiger partial charge < -0.3 is 23.8 Å². The molecule has 11 nitrogen and oxygen atoms in total. The van der Waals surface area contributed by atoms with Gasteiger partial charge in [0.15, 0.2) is 0 Å². The van der Waals surface area contributed by atoms with Gasteiger partial charge in [-0.15, -0.1) is 0 Å². The normalized spacial score (nSPS) is 32.6. The highest BCUT2D eigenvalue weighted by Gasteiger charge is 2.51. The maximum absolute atomic E-state index is 14.1. The summed E-state index contributed by atoms with van der Waals surface area (Å²) in [5.41, 5.74) is 3.09. The largest absolute Gasteiger partial charge is 0.490 e. The lowest BCUT2D eigenvalue weighted by molar-refractivity contribution is -0.152. The van der Waals surface area contributed by atoms with E-state index in [9.17, 15) is 13.2 Å².